The van der Waals surface area contributed by atoms with Gasteiger partial charge in [0.2, 0.25) is 0 Å². The van der Waals surface area contributed by atoms with Crippen LogP contribution in [0.5, 0.6) is 0 Å². The highest BCUT2D eigenvalue weighted by molar-refractivity contribution is 6.42. The van der Waals surface area contributed by atoms with Crippen LogP contribution in [-0.4, -0.2) is 11.5 Å². The van der Waals surface area contributed by atoms with Crippen molar-refractivity contribution >= 4 is 40.8 Å². The lowest BCUT2D eigenvalue weighted by Crippen LogP contribution is -2.12. The lowest BCUT2D eigenvalue weighted by molar-refractivity contribution is 0.0434. The van der Waals surface area contributed by atoms with Crippen molar-refractivity contribution in [3.05, 3.63) is 33.8 Å². The van der Waals surface area contributed by atoms with Gasteiger partial charge < -0.3 is 4.74 Å². The second kappa shape index (κ2) is 7.10. The van der Waals surface area contributed by atoms with Gasteiger partial charge in [-0.05, 0) is 31.0 Å². The Bertz CT molecular complexity index is 393. The molecule has 0 aliphatic carbocycles. The van der Waals surface area contributed by atoms with Crippen molar-refractivity contribution in [3.63, 3.8) is 0 Å². The number of unbranched alkanes of at least 4 members (excludes halogenated alkanes) is 1. The fraction of sp³-hybridized carbons (Fsp3) is 0.417. The van der Waals surface area contributed by atoms with E-state index < -0.39 is 11.5 Å². The molecule has 1 aromatic rings. The van der Waals surface area contributed by atoms with Gasteiger partial charge in [0.25, 0.3) is 0 Å². The number of esters is 1. The molecule has 0 spiro atoms. The molecule has 0 saturated carbocycles. The summed E-state index contributed by atoms with van der Waals surface area (Å²) in [6.45, 7) is 2.05. The van der Waals surface area contributed by atoms with Crippen LogP contribution in [0.3, 0.4) is 0 Å². The van der Waals surface area contributed by atoms with Gasteiger partial charge in [0.05, 0.1) is 15.6 Å². The molecule has 0 bridgehead atoms. The van der Waals surface area contributed by atoms with Crippen LogP contribution in [0.4, 0.5) is 0 Å². The number of rotatable bonds is 5. The maximum atomic E-state index is 11.7. The molecule has 1 atom stereocenters. The Labute approximate surface area is 116 Å². The molecule has 17 heavy (non-hydrogen) atoms. The predicted molar refractivity (Wildman–Crippen MR) is 71.0 cm³/mol. The average molecular weight is 296 g/mol. The lowest BCUT2D eigenvalue weighted by atomic mass is 10.2. The zero-order valence-corrected chi connectivity index (χ0v) is 11.6. The normalized spacial score (nSPS) is 12.2. The molecule has 2 nitrogen and oxygen atoms in total. The first-order valence-corrected chi connectivity index (χ1v) is 6.54. The first-order chi connectivity index (χ1) is 8.04. The van der Waals surface area contributed by atoms with E-state index in [-0.39, 0.29) is 0 Å². The molecule has 1 aromatic carbocycles. The van der Waals surface area contributed by atoms with Crippen molar-refractivity contribution in [2.45, 2.75) is 31.7 Å². The molecule has 0 fully saturated rings. The molecule has 5 heteroatoms. The van der Waals surface area contributed by atoms with Crippen molar-refractivity contribution in [3.8, 4) is 0 Å². The van der Waals surface area contributed by atoms with E-state index in [1.807, 2.05) is 6.92 Å². The summed E-state index contributed by atoms with van der Waals surface area (Å²) in [7, 11) is 0. The fourth-order valence-electron chi connectivity index (χ4n) is 1.23. The molecule has 0 aliphatic heterocycles. The molecular weight excluding hydrogens is 282 g/mol. The highest BCUT2D eigenvalue weighted by Crippen LogP contribution is 2.23. The van der Waals surface area contributed by atoms with Gasteiger partial charge in [-0.25, -0.2) is 4.79 Å². The number of halogens is 3. The fourth-order valence-corrected chi connectivity index (χ4v) is 1.76. The van der Waals surface area contributed by atoms with Crippen LogP contribution in [0, 0.1) is 0 Å². The molecule has 0 aromatic heterocycles. The molecule has 0 radical (unpaired) electrons. The minimum atomic E-state index is -0.600. The van der Waals surface area contributed by atoms with E-state index in [4.69, 9.17) is 39.5 Å². The third kappa shape index (κ3) is 4.74. The number of carbonyl (C=O) groups is 1. The SMILES string of the molecule is CCCCC(Cl)OC(=O)c1ccc(Cl)c(Cl)c1. The zero-order chi connectivity index (χ0) is 12.8. The highest BCUT2D eigenvalue weighted by Gasteiger charge is 2.14. The maximum Gasteiger partial charge on any atom is 0.339 e. The van der Waals surface area contributed by atoms with Gasteiger partial charge in [0, 0.05) is 0 Å². The summed E-state index contributed by atoms with van der Waals surface area (Å²) in [5.41, 5.74) is -0.251. The molecule has 0 N–H and O–H groups in total. The molecule has 1 unspecified atom stereocenters. The second-order valence-corrected chi connectivity index (χ2v) is 4.89. The number of alkyl halides is 1. The van der Waals surface area contributed by atoms with Gasteiger partial charge >= 0.3 is 5.97 Å². The quantitative estimate of drug-likeness (QED) is 0.570. The number of hydrogen-bond donors (Lipinski definition) is 0. The van der Waals surface area contributed by atoms with Gasteiger partial charge in [0.15, 0.2) is 5.56 Å². The molecule has 0 saturated heterocycles. The van der Waals surface area contributed by atoms with Crippen LogP contribution in [0.15, 0.2) is 18.2 Å². The third-order valence-electron chi connectivity index (χ3n) is 2.17. The van der Waals surface area contributed by atoms with Gasteiger partial charge in [-0.2, -0.15) is 0 Å². The van der Waals surface area contributed by atoms with E-state index in [1.165, 1.54) is 6.07 Å². The predicted octanol–water partition coefficient (Wildman–Crippen LogP) is 4.91. The van der Waals surface area contributed by atoms with Crippen molar-refractivity contribution in [2.24, 2.45) is 0 Å². The molecule has 1 rings (SSSR count). The minimum Gasteiger partial charge on any atom is -0.442 e. The van der Waals surface area contributed by atoms with Crippen LogP contribution < -0.4 is 0 Å². The molecular formula is C12H13Cl3O2. The van der Waals surface area contributed by atoms with E-state index in [0.717, 1.165) is 12.8 Å². The second-order valence-electron chi connectivity index (χ2n) is 3.59. The number of hydrogen-bond acceptors (Lipinski definition) is 2. The van der Waals surface area contributed by atoms with E-state index in [2.05, 4.69) is 0 Å². The van der Waals surface area contributed by atoms with Gasteiger partial charge in [-0.1, -0.05) is 48.1 Å². The Balaban J connectivity index is 2.60. The largest absolute Gasteiger partial charge is 0.442 e. The van der Waals surface area contributed by atoms with Crippen molar-refractivity contribution < 1.29 is 9.53 Å². The Kier molecular flexibility index (Phi) is 6.10. The van der Waals surface area contributed by atoms with Crippen LogP contribution >= 0.6 is 34.8 Å². The van der Waals surface area contributed by atoms with Crippen molar-refractivity contribution in [1.29, 1.82) is 0 Å². The smallest absolute Gasteiger partial charge is 0.339 e. The number of benzene rings is 1. The summed E-state index contributed by atoms with van der Waals surface area (Å²) in [6.07, 6.45) is 2.57. The van der Waals surface area contributed by atoms with Gasteiger partial charge in [-0.3, -0.25) is 0 Å². The lowest BCUT2D eigenvalue weighted by Gasteiger charge is -2.10. The monoisotopic (exact) mass is 294 g/mol. The highest BCUT2D eigenvalue weighted by atomic mass is 35.5. The maximum absolute atomic E-state index is 11.7. The Morgan fingerprint density at radius 2 is 2.06 bits per heavy atom. The zero-order valence-electron chi connectivity index (χ0n) is 9.38. The Hall–Kier alpha value is -0.440. The van der Waals surface area contributed by atoms with E-state index in [1.54, 1.807) is 12.1 Å². The van der Waals surface area contributed by atoms with E-state index in [0.29, 0.717) is 22.0 Å². The summed E-state index contributed by atoms with van der Waals surface area (Å²) in [4.78, 5) is 11.7. The third-order valence-corrected chi connectivity index (χ3v) is 3.22. The Morgan fingerprint density at radius 1 is 1.35 bits per heavy atom. The van der Waals surface area contributed by atoms with Crippen LogP contribution in [-0.2, 0) is 4.74 Å². The topological polar surface area (TPSA) is 26.3 Å². The van der Waals surface area contributed by atoms with Gasteiger partial charge in [0.1, 0.15) is 0 Å². The molecule has 0 heterocycles. The summed E-state index contributed by atoms with van der Waals surface area (Å²) < 4.78 is 5.06. The minimum absolute atomic E-state index is 0.320. The first kappa shape index (κ1) is 14.6. The standard InChI is InChI=1S/C12H13Cl3O2/c1-2-3-4-11(15)17-12(16)8-5-6-9(13)10(14)7-8/h5-7,11H,2-4H2,1H3. The summed E-state index contributed by atoms with van der Waals surface area (Å²) in [6, 6.07) is 4.57. The van der Waals surface area contributed by atoms with E-state index in [9.17, 15) is 4.79 Å². The van der Waals surface area contributed by atoms with Crippen LogP contribution in [0.25, 0.3) is 0 Å². The van der Waals surface area contributed by atoms with Crippen LogP contribution in [0.2, 0.25) is 10.0 Å². The summed E-state index contributed by atoms with van der Waals surface area (Å²) in [5.74, 6) is -0.486. The van der Waals surface area contributed by atoms with Gasteiger partial charge in [-0.15, -0.1) is 0 Å². The van der Waals surface area contributed by atoms with Crippen molar-refractivity contribution in [2.75, 3.05) is 0 Å². The first-order valence-electron chi connectivity index (χ1n) is 5.34. The molecule has 0 amide bonds. The van der Waals surface area contributed by atoms with E-state index >= 15 is 0 Å². The van der Waals surface area contributed by atoms with Crippen molar-refractivity contribution in [1.82, 2.24) is 0 Å². The Morgan fingerprint density at radius 3 is 2.65 bits per heavy atom. The molecule has 94 valence electrons. The summed E-state index contributed by atoms with van der Waals surface area (Å²) >= 11 is 17.4. The average Bonchev–Trinajstić information content (AvgIpc) is 2.30. The summed E-state index contributed by atoms with van der Waals surface area (Å²) in [5, 5.41) is 0.720. The molecule has 0 aliphatic rings. The van der Waals surface area contributed by atoms with Crippen LogP contribution in [0.1, 0.15) is 36.5 Å². The number of carbonyl (C=O) groups excluding carboxylic acids is 1. The number of ether oxygens (including phenoxy) is 1.